The Morgan fingerprint density at radius 1 is 1.43 bits per heavy atom. The Kier molecular flexibility index (Phi) is 3.88. The largest absolute Gasteiger partial charge is 0.355 e. The summed E-state index contributed by atoms with van der Waals surface area (Å²) < 4.78 is 22.1. The highest BCUT2D eigenvalue weighted by Crippen LogP contribution is 2.10. The van der Waals surface area contributed by atoms with Crippen molar-refractivity contribution >= 4 is 15.7 Å². The van der Waals surface area contributed by atoms with E-state index in [0.717, 1.165) is 0 Å². The molecule has 1 fully saturated rings. The molecule has 0 saturated carbocycles. The average Bonchev–Trinajstić information content (AvgIpc) is 2.39. The molecule has 0 spiro atoms. The topological polar surface area (TPSA) is 75.3 Å². The molecule has 0 radical (unpaired) electrons. The zero-order valence-electron chi connectivity index (χ0n) is 8.25. The molecule has 1 rings (SSSR count). The third kappa shape index (κ3) is 4.06. The molecule has 1 aliphatic rings. The quantitative estimate of drug-likeness (QED) is 0.590. The summed E-state index contributed by atoms with van der Waals surface area (Å²) in [6.45, 7) is 2.63. The number of sulfone groups is 1. The fourth-order valence-corrected chi connectivity index (χ4v) is 3.18. The Morgan fingerprint density at radius 3 is 2.64 bits per heavy atom. The highest BCUT2D eigenvalue weighted by atomic mass is 32.2. The fourth-order valence-electron chi connectivity index (χ4n) is 1.47. The van der Waals surface area contributed by atoms with Gasteiger partial charge in [0.05, 0.1) is 11.5 Å². The zero-order chi connectivity index (χ0) is 10.6. The summed E-state index contributed by atoms with van der Waals surface area (Å²) in [7, 11) is -2.80. The minimum atomic E-state index is -2.80. The predicted octanol–water partition coefficient (Wildman–Crippen LogP) is -1.10. The van der Waals surface area contributed by atoms with Crippen molar-refractivity contribution in [2.75, 3.05) is 24.6 Å². The highest BCUT2D eigenvalue weighted by molar-refractivity contribution is 7.91. The molecular formula is C8H16N2O3S. The number of hydrogen-bond acceptors (Lipinski definition) is 4. The van der Waals surface area contributed by atoms with E-state index in [4.69, 9.17) is 0 Å². The molecular weight excluding hydrogens is 204 g/mol. The van der Waals surface area contributed by atoms with Crippen LogP contribution in [0, 0.1) is 0 Å². The lowest BCUT2D eigenvalue weighted by atomic mass is 10.3. The smallest absolute Gasteiger partial charge is 0.216 e. The summed E-state index contributed by atoms with van der Waals surface area (Å²) in [6, 6.07) is 0.0637. The number of carbonyl (C=O) groups excluding carboxylic acids is 1. The van der Waals surface area contributed by atoms with Crippen LogP contribution in [-0.2, 0) is 14.6 Å². The third-order valence-corrected chi connectivity index (χ3v) is 3.93. The molecule has 1 heterocycles. The normalized spacial score (nSPS) is 24.8. The second-order valence-corrected chi connectivity index (χ2v) is 5.77. The summed E-state index contributed by atoms with van der Waals surface area (Å²) in [5.41, 5.74) is 0. The van der Waals surface area contributed by atoms with Gasteiger partial charge in [0.1, 0.15) is 0 Å². The van der Waals surface area contributed by atoms with E-state index in [-0.39, 0.29) is 23.5 Å². The van der Waals surface area contributed by atoms with E-state index in [2.05, 4.69) is 10.6 Å². The van der Waals surface area contributed by atoms with Crippen molar-refractivity contribution in [1.82, 2.24) is 10.6 Å². The van der Waals surface area contributed by atoms with Crippen LogP contribution in [-0.4, -0.2) is 45.0 Å². The monoisotopic (exact) mass is 220 g/mol. The van der Waals surface area contributed by atoms with Crippen molar-refractivity contribution in [2.24, 2.45) is 0 Å². The average molecular weight is 220 g/mol. The number of amides is 1. The van der Waals surface area contributed by atoms with Gasteiger partial charge < -0.3 is 10.6 Å². The standard InChI is InChI=1S/C8H16N2O3S/c1-7(11)9-3-4-10-8-2-5-14(12,13)6-8/h8,10H,2-6H2,1H3,(H,9,11). The molecule has 5 nitrogen and oxygen atoms in total. The molecule has 82 valence electrons. The van der Waals surface area contributed by atoms with Crippen molar-refractivity contribution in [2.45, 2.75) is 19.4 Å². The molecule has 1 amide bonds. The van der Waals surface area contributed by atoms with Crippen LogP contribution in [0.5, 0.6) is 0 Å². The predicted molar refractivity (Wildman–Crippen MR) is 53.7 cm³/mol. The van der Waals surface area contributed by atoms with Crippen molar-refractivity contribution in [3.8, 4) is 0 Å². The van der Waals surface area contributed by atoms with Crippen LogP contribution >= 0.6 is 0 Å². The molecule has 0 aliphatic carbocycles. The Morgan fingerprint density at radius 2 is 2.14 bits per heavy atom. The Bertz CT molecular complexity index is 300. The van der Waals surface area contributed by atoms with Gasteiger partial charge >= 0.3 is 0 Å². The van der Waals surface area contributed by atoms with Crippen molar-refractivity contribution in [1.29, 1.82) is 0 Å². The van der Waals surface area contributed by atoms with Gasteiger partial charge in [-0.1, -0.05) is 0 Å². The van der Waals surface area contributed by atoms with E-state index in [1.54, 1.807) is 0 Å². The Balaban J connectivity index is 2.12. The summed E-state index contributed by atoms with van der Waals surface area (Å²) in [5, 5.41) is 5.74. The fraction of sp³-hybridized carbons (Fsp3) is 0.875. The second kappa shape index (κ2) is 4.75. The van der Waals surface area contributed by atoms with E-state index in [1.165, 1.54) is 6.92 Å². The molecule has 1 saturated heterocycles. The summed E-state index contributed by atoms with van der Waals surface area (Å²) in [4.78, 5) is 10.5. The van der Waals surface area contributed by atoms with E-state index >= 15 is 0 Å². The van der Waals surface area contributed by atoms with E-state index in [0.29, 0.717) is 19.5 Å². The lowest BCUT2D eigenvalue weighted by Crippen LogP contribution is -2.36. The van der Waals surface area contributed by atoms with Crippen molar-refractivity contribution in [3.63, 3.8) is 0 Å². The number of rotatable bonds is 4. The molecule has 0 aromatic rings. The molecule has 14 heavy (non-hydrogen) atoms. The maximum atomic E-state index is 11.1. The minimum absolute atomic E-state index is 0.0637. The number of nitrogens with one attached hydrogen (secondary N) is 2. The molecule has 0 aromatic carbocycles. The van der Waals surface area contributed by atoms with Crippen molar-refractivity contribution in [3.05, 3.63) is 0 Å². The molecule has 1 unspecified atom stereocenters. The summed E-state index contributed by atoms with van der Waals surface area (Å²) in [6.07, 6.45) is 0.683. The molecule has 2 N–H and O–H groups in total. The van der Waals surface area contributed by atoms with Crippen LogP contribution in [0.15, 0.2) is 0 Å². The van der Waals surface area contributed by atoms with Gasteiger partial charge in [-0.05, 0) is 6.42 Å². The number of hydrogen-bond donors (Lipinski definition) is 2. The van der Waals surface area contributed by atoms with E-state index < -0.39 is 9.84 Å². The van der Waals surface area contributed by atoms with Gasteiger partial charge in [-0.3, -0.25) is 4.79 Å². The van der Waals surface area contributed by atoms with Gasteiger partial charge in [-0.2, -0.15) is 0 Å². The maximum Gasteiger partial charge on any atom is 0.216 e. The Hall–Kier alpha value is -0.620. The maximum absolute atomic E-state index is 11.1. The zero-order valence-corrected chi connectivity index (χ0v) is 9.06. The van der Waals surface area contributed by atoms with Crippen molar-refractivity contribution < 1.29 is 13.2 Å². The summed E-state index contributed by atoms with van der Waals surface area (Å²) in [5.74, 6) is 0.448. The van der Waals surface area contributed by atoms with Gasteiger partial charge in [0.25, 0.3) is 0 Å². The van der Waals surface area contributed by atoms with E-state index in [1.807, 2.05) is 0 Å². The van der Waals surface area contributed by atoms with Crippen LogP contribution in [0.1, 0.15) is 13.3 Å². The van der Waals surface area contributed by atoms with Crippen LogP contribution in [0.2, 0.25) is 0 Å². The van der Waals surface area contributed by atoms with Gasteiger partial charge in [0.2, 0.25) is 5.91 Å². The first-order chi connectivity index (χ1) is 6.49. The molecule has 1 atom stereocenters. The van der Waals surface area contributed by atoms with E-state index in [9.17, 15) is 13.2 Å². The molecule has 1 aliphatic heterocycles. The van der Waals surface area contributed by atoms with Gasteiger partial charge in [-0.25, -0.2) is 8.42 Å². The first-order valence-corrected chi connectivity index (χ1v) is 6.50. The lowest BCUT2D eigenvalue weighted by Gasteiger charge is -2.10. The highest BCUT2D eigenvalue weighted by Gasteiger charge is 2.26. The van der Waals surface area contributed by atoms with Crippen LogP contribution in [0.25, 0.3) is 0 Å². The summed E-state index contributed by atoms with van der Waals surface area (Å²) >= 11 is 0. The van der Waals surface area contributed by atoms with Gasteiger partial charge in [0, 0.05) is 26.1 Å². The first-order valence-electron chi connectivity index (χ1n) is 4.68. The van der Waals surface area contributed by atoms with Crippen LogP contribution < -0.4 is 10.6 Å². The van der Waals surface area contributed by atoms with Gasteiger partial charge in [0.15, 0.2) is 9.84 Å². The third-order valence-electron chi connectivity index (χ3n) is 2.16. The second-order valence-electron chi connectivity index (χ2n) is 3.54. The van der Waals surface area contributed by atoms with Crippen LogP contribution in [0.4, 0.5) is 0 Å². The number of carbonyl (C=O) groups is 1. The Labute approximate surface area is 84.2 Å². The lowest BCUT2D eigenvalue weighted by molar-refractivity contribution is -0.118. The molecule has 0 bridgehead atoms. The first kappa shape index (κ1) is 11.5. The van der Waals surface area contributed by atoms with Gasteiger partial charge in [-0.15, -0.1) is 0 Å². The van der Waals surface area contributed by atoms with Crippen LogP contribution in [0.3, 0.4) is 0 Å². The molecule has 6 heteroatoms. The molecule has 0 aromatic heterocycles. The SMILES string of the molecule is CC(=O)NCCNC1CCS(=O)(=O)C1. The minimum Gasteiger partial charge on any atom is -0.355 e.